The zero-order chi connectivity index (χ0) is 13.0. The summed E-state index contributed by atoms with van der Waals surface area (Å²) in [6.45, 7) is 4.38. The fourth-order valence-electron chi connectivity index (χ4n) is 2.81. The zero-order valence-electron chi connectivity index (χ0n) is 11.4. The van der Waals surface area contributed by atoms with Crippen LogP contribution in [0.2, 0.25) is 0 Å². The van der Waals surface area contributed by atoms with E-state index in [0.717, 1.165) is 23.7 Å². The molecule has 1 aromatic rings. The lowest BCUT2D eigenvalue weighted by atomic mass is 9.84. The zero-order valence-corrected chi connectivity index (χ0v) is 11.4. The Kier molecular flexibility index (Phi) is 4.39. The quantitative estimate of drug-likeness (QED) is 0.859. The average Bonchev–Trinajstić information content (AvgIpc) is 2.40. The van der Waals surface area contributed by atoms with Gasteiger partial charge in [-0.05, 0) is 38.0 Å². The second kappa shape index (κ2) is 6.03. The van der Waals surface area contributed by atoms with Gasteiger partial charge in [0.25, 0.3) is 0 Å². The Bertz CT molecular complexity index is 383. The molecule has 1 fully saturated rings. The molecule has 1 aliphatic rings. The summed E-state index contributed by atoms with van der Waals surface area (Å²) >= 11 is 0. The van der Waals surface area contributed by atoms with Gasteiger partial charge in [-0.1, -0.05) is 20.3 Å². The van der Waals surface area contributed by atoms with E-state index in [2.05, 4.69) is 29.1 Å². The SMILES string of the molecule is CCc1c(N)ncnc1NC1CCC(CC)CC1. The van der Waals surface area contributed by atoms with E-state index in [-0.39, 0.29) is 0 Å². The maximum atomic E-state index is 5.89. The van der Waals surface area contributed by atoms with Gasteiger partial charge in [-0.2, -0.15) is 0 Å². The van der Waals surface area contributed by atoms with Crippen molar-refractivity contribution in [3.63, 3.8) is 0 Å². The van der Waals surface area contributed by atoms with Gasteiger partial charge in [-0.3, -0.25) is 0 Å². The van der Waals surface area contributed by atoms with Crippen LogP contribution in [0.1, 0.15) is 51.5 Å². The van der Waals surface area contributed by atoms with Crippen molar-refractivity contribution in [2.45, 2.75) is 58.4 Å². The molecule has 0 unspecified atom stereocenters. The molecule has 0 saturated heterocycles. The summed E-state index contributed by atoms with van der Waals surface area (Å²) in [6.07, 6.45) is 8.88. The van der Waals surface area contributed by atoms with Crippen LogP contribution in [0.15, 0.2) is 6.33 Å². The lowest BCUT2D eigenvalue weighted by Crippen LogP contribution is -2.27. The van der Waals surface area contributed by atoms with Gasteiger partial charge in [0.1, 0.15) is 18.0 Å². The Balaban J connectivity index is 2.00. The molecular formula is C14H24N4. The first-order valence-corrected chi connectivity index (χ1v) is 7.10. The Morgan fingerprint density at radius 2 is 1.94 bits per heavy atom. The number of hydrogen-bond donors (Lipinski definition) is 2. The van der Waals surface area contributed by atoms with E-state index in [4.69, 9.17) is 5.73 Å². The van der Waals surface area contributed by atoms with Crippen LogP contribution < -0.4 is 11.1 Å². The molecule has 4 heteroatoms. The van der Waals surface area contributed by atoms with Crippen LogP contribution >= 0.6 is 0 Å². The molecule has 1 aliphatic carbocycles. The number of rotatable bonds is 4. The Hall–Kier alpha value is -1.32. The van der Waals surface area contributed by atoms with Crippen molar-refractivity contribution in [3.8, 4) is 0 Å². The van der Waals surface area contributed by atoms with E-state index in [1.807, 2.05) is 0 Å². The topological polar surface area (TPSA) is 63.8 Å². The monoisotopic (exact) mass is 248 g/mol. The van der Waals surface area contributed by atoms with E-state index in [1.54, 1.807) is 6.33 Å². The first-order valence-electron chi connectivity index (χ1n) is 7.10. The van der Waals surface area contributed by atoms with Crippen LogP contribution in [-0.2, 0) is 6.42 Å². The Labute approximate surface area is 109 Å². The molecule has 1 heterocycles. The van der Waals surface area contributed by atoms with Crippen molar-refractivity contribution in [1.29, 1.82) is 0 Å². The van der Waals surface area contributed by atoms with Gasteiger partial charge < -0.3 is 11.1 Å². The van der Waals surface area contributed by atoms with E-state index in [9.17, 15) is 0 Å². The highest BCUT2D eigenvalue weighted by Crippen LogP contribution is 2.29. The first-order chi connectivity index (χ1) is 8.74. The summed E-state index contributed by atoms with van der Waals surface area (Å²) in [7, 11) is 0. The number of nitrogen functional groups attached to an aromatic ring is 1. The lowest BCUT2D eigenvalue weighted by molar-refractivity contribution is 0.329. The normalized spacial score (nSPS) is 23.9. The van der Waals surface area contributed by atoms with E-state index < -0.39 is 0 Å². The second-order valence-corrected chi connectivity index (χ2v) is 5.21. The van der Waals surface area contributed by atoms with E-state index in [1.165, 1.54) is 32.1 Å². The molecule has 2 rings (SSSR count). The van der Waals surface area contributed by atoms with Crippen molar-refractivity contribution >= 4 is 11.6 Å². The maximum Gasteiger partial charge on any atom is 0.134 e. The predicted molar refractivity (Wildman–Crippen MR) is 75.5 cm³/mol. The van der Waals surface area contributed by atoms with Crippen LogP contribution in [0, 0.1) is 5.92 Å². The van der Waals surface area contributed by atoms with E-state index in [0.29, 0.717) is 11.9 Å². The molecule has 3 N–H and O–H groups in total. The minimum absolute atomic E-state index is 0.549. The molecule has 1 aromatic heterocycles. The number of aromatic nitrogens is 2. The smallest absolute Gasteiger partial charge is 0.134 e. The average molecular weight is 248 g/mol. The van der Waals surface area contributed by atoms with Crippen molar-refractivity contribution in [1.82, 2.24) is 9.97 Å². The largest absolute Gasteiger partial charge is 0.383 e. The molecule has 18 heavy (non-hydrogen) atoms. The third kappa shape index (κ3) is 2.92. The molecule has 0 aliphatic heterocycles. The molecule has 0 bridgehead atoms. The summed E-state index contributed by atoms with van der Waals surface area (Å²) < 4.78 is 0. The van der Waals surface area contributed by atoms with Gasteiger partial charge in [0, 0.05) is 11.6 Å². The third-order valence-corrected chi connectivity index (χ3v) is 4.10. The highest BCUT2D eigenvalue weighted by molar-refractivity contribution is 5.55. The highest BCUT2D eigenvalue weighted by Gasteiger charge is 2.21. The van der Waals surface area contributed by atoms with Crippen LogP contribution in [0.4, 0.5) is 11.6 Å². The second-order valence-electron chi connectivity index (χ2n) is 5.21. The van der Waals surface area contributed by atoms with E-state index >= 15 is 0 Å². The summed E-state index contributed by atoms with van der Waals surface area (Å²) in [4.78, 5) is 8.40. The number of nitrogens with zero attached hydrogens (tertiary/aromatic N) is 2. The van der Waals surface area contributed by atoms with Crippen molar-refractivity contribution < 1.29 is 0 Å². The van der Waals surface area contributed by atoms with Gasteiger partial charge in [-0.15, -0.1) is 0 Å². The summed E-state index contributed by atoms with van der Waals surface area (Å²) in [5.41, 5.74) is 6.94. The minimum atomic E-state index is 0.549. The summed E-state index contributed by atoms with van der Waals surface area (Å²) in [6, 6.07) is 0.549. The van der Waals surface area contributed by atoms with Crippen molar-refractivity contribution in [2.75, 3.05) is 11.1 Å². The van der Waals surface area contributed by atoms with Crippen molar-refractivity contribution in [2.24, 2.45) is 5.92 Å². The van der Waals surface area contributed by atoms with Crippen LogP contribution in [0.3, 0.4) is 0 Å². The fraction of sp³-hybridized carbons (Fsp3) is 0.714. The molecule has 100 valence electrons. The molecule has 0 aromatic carbocycles. The number of hydrogen-bond acceptors (Lipinski definition) is 4. The standard InChI is InChI=1S/C14H24N4/c1-3-10-5-7-11(8-6-10)18-14-12(4-2)13(15)16-9-17-14/h9-11H,3-8H2,1-2H3,(H3,15,16,17,18). The Morgan fingerprint density at radius 3 is 2.56 bits per heavy atom. The summed E-state index contributed by atoms with van der Waals surface area (Å²) in [5, 5.41) is 3.55. The number of nitrogens with two attached hydrogens (primary N) is 1. The first kappa shape index (κ1) is 13.1. The van der Waals surface area contributed by atoms with Crippen molar-refractivity contribution in [3.05, 3.63) is 11.9 Å². The maximum absolute atomic E-state index is 5.89. The summed E-state index contributed by atoms with van der Waals surface area (Å²) in [5.74, 6) is 2.46. The van der Waals surface area contributed by atoms with Gasteiger partial charge in [0.2, 0.25) is 0 Å². The molecular weight excluding hydrogens is 224 g/mol. The van der Waals surface area contributed by atoms with Crippen LogP contribution in [0.5, 0.6) is 0 Å². The van der Waals surface area contributed by atoms with Gasteiger partial charge >= 0.3 is 0 Å². The van der Waals surface area contributed by atoms with Gasteiger partial charge in [0.05, 0.1) is 0 Å². The molecule has 1 saturated carbocycles. The highest BCUT2D eigenvalue weighted by atomic mass is 15.1. The number of anilines is 2. The minimum Gasteiger partial charge on any atom is -0.383 e. The third-order valence-electron chi connectivity index (χ3n) is 4.10. The van der Waals surface area contributed by atoms with Gasteiger partial charge in [-0.25, -0.2) is 9.97 Å². The molecule has 0 spiro atoms. The van der Waals surface area contributed by atoms with Crippen LogP contribution in [-0.4, -0.2) is 16.0 Å². The molecule has 4 nitrogen and oxygen atoms in total. The molecule has 0 atom stereocenters. The molecule has 0 amide bonds. The predicted octanol–water partition coefficient (Wildman–Crippen LogP) is 3.00. The fourth-order valence-corrected chi connectivity index (χ4v) is 2.81. The molecule has 0 radical (unpaired) electrons. The number of nitrogens with one attached hydrogen (secondary N) is 1. The van der Waals surface area contributed by atoms with Crippen LogP contribution in [0.25, 0.3) is 0 Å². The lowest BCUT2D eigenvalue weighted by Gasteiger charge is -2.29. The van der Waals surface area contributed by atoms with Gasteiger partial charge in [0.15, 0.2) is 0 Å². The Morgan fingerprint density at radius 1 is 1.22 bits per heavy atom.